The van der Waals surface area contributed by atoms with Crippen LogP contribution < -0.4 is 5.32 Å². The molecule has 0 spiro atoms. The van der Waals surface area contributed by atoms with Crippen LogP contribution in [0.5, 0.6) is 0 Å². The van der Waals surface area contributed by atoms with Crippen LogP contribution in [0, 0.1) is 5.82 Å². The minimum Gasteiger partial charge on any atom is -0.350 e. The van der Waals surface area contributed by atoms with E-state index in [4.69, 9.17) is 0 Å². The highest BCUT2D eigenvalue weighted by Crippen LogP contribution is 2.05. The molecule has 0 fully saturated rings. The van der Waals surface area contributed by atoms with Crippen LogP contribution in [0.2, 0.25) is 0 Å². The zero-order valence-corrected chi connectivity index (χ0v) is 9.14. The van der Waals surface area contributed by atoms with Gasteiger partial charge >= 0.3 is 0 Å². The van der Waals surface area contributed by atoms with Crippen LogP contribution in [0.4, 0.5) is 4.39 Å². The molecule has 0 atom stereocenters. The molecular formula is C12H12FN3O. The van der Waals surface area contributed by atoms with E-state index < -0.39 is 0 Å². The summed E-state index contributed by atoms with van der Waals surface area (Å²) < 4.78 is 14.8. The van der Waals surface area contributed by atoms with E-state index in [1.807, 2.05) is 0 Å². The topological polar surface area (TPSA) is 46.9 Å². The molecule has 4 nitrogen and oxygen atoms in total. The maximum absolute atomic E-state index is 13.2. The van der Waals surface area contributed by atoms with Crippen molar-refractivity contribution < 1.29 is 9.18 Å². The monoisotopic (exact) mass is 233 g/mol. The third kappa shape index (κ3) is 3.14. The van der Waals surface area contributed by atoms with Gasteiger partial charge in [-0.15, -0.1) is 0 Å². The molecule has 88 valence electrons. The van der Waals surface area contributed by atoms with E-state index in [0.29, 0.717) is 5.56 Å². The van der Waals surface area contributed by atoms with Crippen LogP contribution in [-0.4, -0.2) is 15.7 Å². The summed E-state index contributed by atoms with van der Waals surface area (Å²) in [7, 11) is 0. The summed E-state index contributed by atoms with van der Waals surface area (Å²) in [5, 5.41) is 6.55. The number of benzene rings is 1. The second kappa shape index (κ2) is 5.25. The Morgan fingerprint density at radius 3 is 2.88 bits per heavy atom. The highest BCUT2D eigenvalue weighted by molar-refractivity contribution is 5.75. The third-order valence-electron chi connectivity index (χ3n) is 2.30. The van der Waals surface area contributed by atoms with E-state index in [2.05, 4.69) is 10.4 Å². The van der Waals surface area contributed by atoms with Crippen LogP contribution in [0.25, 0.3) is 0 Å². The Morgan fingerprint density at radius 2 is 2.18 bits per heavy atom. The molecule has 0 aliphatic heterocycles. The number of hydrogen-bond acceptors (Lipinski definition) is 2. The molecule has 1 aromatic heterocycles. The van der Waals surface area contributed by atoms with Crippen LogP contribution in [0.3, 0.4) is 0 Å². The average Bonchev–Trinajstić information content (AvgIpc) is 2.81. The molecule has 0 bridgehead atoms. The Kier molecular flexibility index (Phi) is 3.49. The molecular weight excluding hydrogens is 221 g/mol. The minimum atomic E-state index is -0.313. The number of carbonyl (C=O) groups is 1. The van der Waals surface area contributed by atoms with Gasteiger partial charge in [0.15, 0.2) is 0 Å². The maximum Gasteiger partial charge on any atom is 0.241 e. The van der Waals surface area contributed by atoms with Crippen molar-refractivity contribution in [1.29, 1.82) is 0 Å². The molecule has 0 radical (unpaired) electrons. The molecule has 0 saturated carbocycles. The van der Waals surface area contributed by atoms with Gasteiger partial charge in [-0.05, 0) is 12.1 Å². The predicted octanol–water partition coefficient (Wildman–Crippen LogP) is 1.34. The summed E-state index contributed by atoms with van der Waals surface area (Å²) in [5.74, 6) is -0.510. The molecule has 0 unspecified atom stereocenters. The van der Waals surface area contributed by atoms with E-state index in [1.54, 1.807) is 36.7 Å². The van der Waals surface area contributed by atoms with E-state index >= 15 is 0 Å². The first-order valence-corrected chi connectivity index (χ1v) is 5.23. The van der Waals surface area contributed by atoms with Crippen molar-refractivity contribution in [3.63, 3.8) is 0 Å². The van der Waals surface area contributed by atoms with Gasteiger partial charge in [0.2, 0.25) is 5.91 Å². The fraction of sp³-hybridized carbons (Fsp3) is 0.167. The predicted molar refractivity (Wildman–Crippen MR) is 60.5 cm³/mol. The van der Waals surface area contributed by atoms with Crippen molar-refractivity contribution in [3.05, 3.63) is 54.1 Å². The lowest BCUT2D eigenvalue weighted by Gasteiger charge is -2.06. The third-order valence-corrected chi connectivity index (χ3v) is 2.30. The molecule has 0 aliphatic rings. The number of carbonyl (C=O) groups excluding carboxylic acids is 1. The van der Waals surface area contributed by atoms with Crippen LogP contribution in [-0.2, 0) is 17.9 Å². The summed E-state index contributed by atoms with van der Waals surface area (Å²) in [5.41, 5.74) is 0.473. The Labute approximate surface area is 98.1 Å². The van der Waals surface area contributed by atoms with Gasteiger partial charge in [0.25, 0.3) is 0 Å². The van der Waals surface area contributed by atoms with Gasteiger partial charge in [-0.2, -0.15) is 5.10 Å². The largest absolute Gasteiger partial charge is 0.350 e. The fourth-order valence-corrected chi connectivity index (χ4v) is 1.43. The van der Waals surface area contributed by atoms with E-state index in [-0.39, 0.29) is 24.8 Å². The Hall–Kier alpha value is -2.17. The molecule has 1 amide bonds. The molecule has 0 aliphatic carbocycles. The highest BCUT2D eigenvalue weighted by Gasteiger charge is 2.04. The van der Waals surface area contributed by atoms with Crippen molar-refractivity contribution in [1.82, 2.24) is 15.1 Å². The quantitative estimate of drug-likeness (QED) is 0.866. The molecule has 5 heteroatoms. The summed E-state index contributed by atoms with van der Waals surface area (Å²) in [6.45, 7) is 0.328. The summed E-state index contributed by atoms with van der Waals surface area (Å²) >= 11 is 0. The zero-order chi connectivity index (χ0) is 12.1. The SMILES string of the molecule is O=C(Cn1cccn1)NCc1ccccc1F. The number of nitrogens with one attached hydrogen (secondary N) is 1. The molecule has 1 N–H and O–H groups in total. The van der Waals surface area contributed by atoms with Crippen molar-refractivity contribution in [2.75, 3.05) is 0 Å². The van der Waals surface area contributed by atoms with Crippen molar-refractivity contribution >= 4 is 5.91 Å². The van der Waals surface area contributed by atoms with Crippen molar-refractivity contribution in [2.24, 2.45) is 0 Å². The molecule has 1 aromatic carbocycles. The van der Waals surface area contributed by atoms with Crippen molar-refractivity contribution in [2.45, 2.75) is 13.1 Å². The standard InChI is InChI=1S/C12H12FN3O/c13-11-5-2-1-4-10(11)8-14-12(17)9-16-7-3-6-15-16/h1-7H,8-9H2,(H,14,17). The number of halogens is 1. The second-order valence-electron chi connectivity index (χ2n) is 3.57. The molecule has 2 rings (SSSR count). The first-order valence-electron chi connectivity index (χ1n) is 5.23. The first kappa shape index (κ1) is 11.3. The molecule has 17 heavy (non-hydrogen) atoms. The molecule has 2 aromatic rings. The van der Waals surface area contributed by atoms with Crippen LogP contribution in [0.15, 0.2) is 42.7 Å². The number of rotatable bonds is 4. The van der Waals surface area contributed by atoms with E-state index in [0.717, 1.165) is 0 Å². The van der Waals surface area contributed by atoms with Gasteiger partial charge in [0.1, 0.15) is 12.4 Å². The first-order chi connectivity index (χ1) is 8.25. The van der Waals surface area contributed by atoms with Gasteiger partial charge in [0.05, 0.1) is 0 Å². The fourth-order valence-electron chi connectivity index (χ4n) is 1.43. The van der Waals surface area contributed by atoms with E-state index in [1.165, 1.54) is 10.7 Å². The number of amides is 1. The zero-order valence-electron chi connectivity index (χ0n) is 9.14. The van der Waals surface area contributed by atoms with Gasteiger partial charge in [-0.1, -0.05) is 18.2 Å². The summed E-state index contributed by atoms with van der Waals surface area (Å²) in [4.78, 5) is 11.5. The second-order valence-corrected chi connectivity index (χ2v) is 3.57. The van der Waals surface area contributed by atoms with Gasteiger partial charge in [0, 0.05) is 24.5 Å². The molecule has 1 heterocycles. The summed E-state index contributed by atoms with van der Waals surface area (Å²) in [6, 6.07) is 8.10. The van der Waals surface area contributed by atoms with Gasteiger partial charge in [-0.3, -0.25) is 9.48 Å². The van der Waals surface area contributed by atoms with Crippen LogP contribution >= 0.6 is 0 Å². The lowest BCUT2D eigenvalue weighted by atomic mass is 10.2. The Morgan fingerprint density at radius 1 is 1.35 bits per heavy atom. The minimum absolute atomic E-state index is 0.140. The number of nitrogens with zero attached hydrogens (tertiary/aromatic N) is 2. The lowest BCUT2D eigenvalue weighted by Crippen LogP contribution is -2.27. The van der Waals surface area contributed by atoms with Gasteiger partial charge in [-0.25, -0.2) is 4.39 Å². The summed E-state index contributed by atoms with van der Waals surface area (Å²) in [6.07, 6.45) is 3.30. The van der Waals surface area contributed by atoms with Crippen LogP contribution in [0.1, 0.15) is 5.56 Å². The highest BCUT2D eigenvalue weighted by atomic mass is 19.1. The number of aromatic nitrogens is 2. The normalized spacial score (nSPS) is 10.2. The smallest absolute Gasteiger partial charge is 0.241 e. The lowest BCUT2D eigenvalue weighted by molar-refractivity contribution is -0.122. The van der Waals surface area contributed by atoms with E-state index in [9.17, 15) is 9.18 Å². The van der Waals surface area contributed by atoms with Crippen molar-refractivity contribution in [3.8, 4) is 0 Å². The van der Waals surface area contributed by atoms with Gasteiger partial charge < -0.3 is 5.32 Å². The Bertz CT molecular complexity index is 496. The average molecular weight is 233 g/mol. The maximum atomic E-state index is 13.2. The Balaban J connectivity index is 1.86. The molecule has 0 saturated heterocycles. The number of hydrogen-bond donors (Lipinski definition) is 1.